The first-order valence-electron chi connectivity index (χ1n) is 12.5. The number of guanidine groups is 1. The van der Waals surface area contributed by atoms with Gasteiger partial charge in [-0.05, 0) is 34.7 Å². The van der Waals surface area contributed by atoms with E-state index in [4.69, 9.17) is 4.99 Å². The number of hydrogen-bond acceptors (Lipinski definition) is 10. The predicted octanol–water partition coefficient (Wildman–Crippen LogP) is 1.12. The van der Waals surface area contributed by atoms with Crippen LogP contribution >= 0.6 is 11.8 Å². The van der Waals surface area contributed by atoms with Gasteiger partial charge in [-0.25, -0.2) is 9.79 Å². The van der Waals surface area contributed by atoms with Gasteiger partial charge in [0.1, 0.15) is 0 Å². The Bertz CT molecular complexity index is 1330. The maximum atomic E-state index is 13.0. The number of anilines is 1. The molecule has 2 fully saturated rings. The van der Waals surface area contributed by atoms with Crippen LogP contribution in [0.1, 0.15) is 0 Å². The number of likely N-dealkylation sites (N-methyl/N-ethyl adjacent to an activating group) is 1. The molecule has 6 rings (SSSR count). The molecule has 3 aliphatic rings. The van der Waals surface area contributed by atoms with Crippen LogP contribution in [0.5, 0.6) is 0 Å². The number of piperazine rings is 1. The van der Waals surface area contributed by atoms with E-state index in [1.54, 1.807) is 11.7 Å². The van der Waals surface area contributed by atoms with Gasteiger partial charge >= 0.3 is 6.03 Å². The Morgan fingerprint density at radius 2 is 1.58 bits per heavy atom. The Kier molecular flexibility index (Phi) is 6.58. The first-order chi connectivity index (χ1) is 18.6. The summed E-state index contributed by atoms with van der Waals surface area (Å²) in [5.41, 5.74) is 2.08. The van der Waals surface area contributed by atoms with Crippen LogP contribution in [0.25, 0.3) is 5.69 Å². The molecule has 0 aliphatic carbocycles. The molecule has 2 atom stereocenters. The lowest BCUT2D eigenvalue weighted by atomic mass is 10.1. The average molecular weight is 533 g/mol. The molecule has 3 aromatic rings. The van der Waals surface area contributed by atoms with Gasteiger partial charge in [-0.15, -0.1) is 5.10 Å². The number of urea groups is 1. The summed E-state index contributed by atoms with van der Waals surface area (Å²) in [6.07, 6.45) is -0.557. The normalized spacial score (nSPS) is 21.4. The summed E-state index contributed by atoms with van der Waals surface area (Å²) >= 11 is 1.51. The number of carbonyl (C=O) groups excluding carboxylic acids is 2. The highest BCUT2D eigenvalue weighted by Crippen LogP contribution is 2.28. The van der Waals surface area contributed by atoms with Gasteiger partial charge in [-0.1, -0.05) is 48.2 Å². The number of para-hydroxylation sites is 2. The first-order valence-corrected chi connectivity index (χ1v) is 13.5. The second kappa shape index (κ2) is 10.3. The van der Waals surface area contributed by atoms with Crippen LogP contribution in [0.15, 0.2) is 70.8 Å². The maximum absolute atomic E-state index is 13.0. The van der Waals surface area contributed by atoms with Crippen molar-refractivity contribution in [1.29, 1.82) is 0 Å². The van der Waals surface area contributed by atoms with Crippen molar-refractivity contribution in [3.05, 3.63) is 60.7 Å². The number of aliphatic imine (C=N–C) groups is 1. The summed E-state index contributed by atoms with van der Waals surface area (Å²) in [5.74, 6) is 1.07. The first kappa shape index (κ1) is 24.2. The van der Waals surface area contributed by atoms with Crippen LogP contribution < -0.4 is 10.2 Å². The quantitative estimate of drug-likeness (QED) is 0.467. The van der Waals surface area contributed by atoms with E-state index in [1.165, 1.54) is 22.3 Å². The number of fused-ring (bicyclic) bond motifs is 1. The highest BCUT2D eigenvalue weighted by Gasteiger charge is 2.49. The van der Waals surface area contributed by atoms with E-state index in [2.05, 4.69) is 42.8 Å². The number of rotatable bonds is 6. The van der Waals surface area contributed by atoms with Gasteiger partial charge in [0.15, 0.2) is 18.2 Å². The minimum atomic E-state index is -0.578. The van der Waals surface area contributed by atoms with Gasteiger partial charge in [-0.3, -0.25) is 10.1 Å². The zero-order valence-corrected chi connectivity index (χ0v) is 21.7. The summed E-state index contributed by atoms with van der Waals surface area (Å²) in [6.45, 7) is 3.76. The van der Waals surface area contributed by atoms with Crippen LogP contribution in [-0.4, -0.2) is 111 Å². The molecule has 13 heteroatoms. The van der Waals surface area contributed by atoms with Gasteiger partial charge < -0.3 is 19.6 Å². The number of thioether (sulfide) groups is 1. The molecule has 38 heavy (non-hydrogen) atoms. The topological polar surface area (TPSA) is 115 Å². The molecule has 0 bridgehead atoms. The van der Waals surface area contributed by atoms with Crippen molar-refractivity contribution in [3.8, 4) is 5.69 Å². The molecule has 2 saturated heterocycles. The SMILES string of the molecule is CN1C(=O)NC(=O)C2C1N=C(N1CCN(c3ccccc3)CC1)N2CCSc1nnnn1-c1ccccc1. The molecule has 3 amide bonds. The zero-order chi connectivity index (χ0) is 26.1. The Morgan fingerprint density at radius 3 is 2.29 bits per heavy atom. The van der Waals surface area contributed by atoms with Crippen molar-refractivity contribution in [1.82, 2.24) is 40.2 Å². The minimum Gasteiger partial charge on any atom is -0.368 e. The lowest BCUT2D eigenvalue weighted by Gasteiger charge is -2.41. The Morgan fingerprint density at radius 1 is 0.921 bits per heavy atom. The van der Waals surface area contributed by atoms with Crippen LogP contribution in [0.3, 0.4) is 0 Å². The minimum absolute atomic E-state index is 0.320. The van der Waals surface area contributed by atoms with Crippen molar-refractivity contribution in [2.45, 2.75) is 17.4 Å². The van der Waals surface area contributed by atoms with Crippen molar-refractivity contribution in [2.24, 2.45) is 4.99 Å². The zero-order valence-electron chi connectivity index (χ0n) is 20.9. The van der Waals surface area contributed by atoms with E-state index in [9.17, 15) is 9.59 Å². The van der Waals surface area contributed by atoms with Crippen molar-refractivity contribution < 1.29 is 9.59 Å². The number of nitrogens with zero attached hydrogens (tertiary/aromatic N) is 9. The molecule has 12 nitrogen and oxygen atoms in total. The Balaban J connectivity index is 1.18. The van der Waals surface area contributed by atoms with Gasteiger partial charge in [-0.2, -0.15) is 4.68 Å². The van der Waals surface area contributed by atoms with Crippen molar-refractivity contribution in [3.63, 3.8) is 0 Å². The molecule has 4 heterocycles. The molecule has 2 aromatic carbocycles. The van der Waals surface area contributed by atoms with Crippen LogP contribution in [0, 0.1) is 0 Å². The summed E-state index contributed by atoms with van der Waals surface area (Å²) in [7, 11) is 1.68. The highest BCUT2D eigenvalue weighted by atomic mass is 32.2. The molecule has 1 N–H and O–H groups in total. The average Bonchev–Trinajstić information content (AvgIpc) is 3.58. The van der Waals surface area contributed by atoms with E-state index < -0.39 is 18.2 Å². The number of benzene rings is 2. The van der Waals surface area contributed by atoms with Crippen molar-refractivity contribution in [2.75, 3.05) is 50.4 Å². The standard InChI is InChI=1S/C25H28N10O2S/c1-31-21-20(22(36)27-24(31)37)34(16-17-38-25-28-29-30-35(25)19-10-6-3-7-11-19)23(26-21)33-14-12-32(13-15-33)18-8-4-2-5-9-18/h2-11,20-21H,12-17H2,1H3,(H,27,36,37). The fourth-order valence-electron chi connectivity index (χ4n) is 5.05. The van der Waals surface area contributed by atoms with Crippen LogP contribution in [0.4, 0.5) is 10.5 Å². The van der Waals surface area contributed by atoms with E-state index in [1.807, 2.05) is 53.4 Å². The smallest absolute Gasteiger partial charge is 0.325 e. The molecule has 3 aliphatic heterocycles. The third kappa shape index (κ3) is 4.53. The third-order valence-electron chi connectivity index (χ3n) is 7.03. The number of nitrogens with one attached hydrogen (secondary N) is 1. The summed E-state index contributed by atoms with van der Waals surface area (Å²) < 4.78 is 1.70. The number of imide groups is 1. The molecule has 0 saturated carbocycles. The second-order valence-electron chi connectivity index (χ2n) is 9.25. The number of hydrogen-bond donors (Lipinski definition) is 1. The molecule has 0 radical (unpaired) electrons. The van der Waals surface area contributed by atoms with Gasteiger partial charge in [0.2, 0.25) is 5.16 Å². The van der Waals surface area contributed by atoms with E-state index in [-0.39, 0.29) is 5.91 Å². The molecule has 2 unspecified atom stereocenters. The molecular formula is C25H28N10O2S. The van der Waals surface area contributed by atoms with Gasteiger partial charge in [0, 0.05) is 51.2 Å². The number of tetrazole rings is 1. The van der Waals surface area contributed by atoms with Crippen LogP contribution in [0.2, 0.25) is 0 Å². The number of amides is 3. The fraction of sp³-hybridized carbons (Fsp3) is 0.360. The monoisotopic (exact) mass is 532 g/mol. The fourth-order valence-corrected chi connectivity index (χ4v) is 5.88. The number of carbonyl (C=O) groups is 2. The summed E-state index contributed by atoms with van der Waals surface area (Å²) in [5, 5.41) is 15.3. The number of aromatic nitrogens is 4. The molecule has 0 spiro atoms. The Hall–Kier alpha value is -4.13. The lowest BCUT2D eigenvalue weighted by molar-refractivity contribution is -0.127. The second-order valence-corrected chi connectivity index (χ2v) is 10.3. The van der Waals surface area contributed by atoms with E-state index in [0.29, 0.717) is 17.5 Å². The van der Waals surface area contributed by atoms with E-state index >= 15 is 0 Å². The molecular weight excluding hydrogens is 504 g/mol. The van der Waals surface area contributed by atoms with Gasteiger partial charge in [0.25, 0.3) is 5.91 Å². The predicted molar refractivity (Wildman–Crippen MR) is 143 cm³/mol. The lowest BCUT2D eigenvalue weighted by Crippen LogP contribution is -2.64. The summed E-state index contributed by atoms with van der Waals surface area (Å²) in [6, 6.07) is 19.1. The van der Waals surface area contributed by atoms with E-state index in [0.717, 1.165) is 37.8 Å². The van der Waals surface area contributed by atoms with Gasteiger partial charge in [0.05, 0.1) is 5.69 Å². The molecule has 196 valence electrons. The third-order valence-corrected chi connectivity index (χ3v) is 7.93. The summed E-state index contributed by atoms with van der Waals surface area (Å²) in [4.78, 5) is 38.4. The van der Waals surface area contributed by atoms with Crippen LogP contribution in [-0.2, 0) is 4.79 Å². The highest BCUT2D eigenvalue weighted by molar-refractivity contribution is 7.99. The Labute approximate surface area is 224 Å². The maximum Gasteiger partial charge on any atom is 0.325 e. The largest absolute Gasteiger partial charge is 0.368 e. The molecule has 1 aromatic heterocycles. The van der Waals surface area contributed by atoms with Crippen molar-refractivity contribution >= 4 is 35.3 Å².